The molecule has 1 N–H and O–H groups in total. The molecule has 0 heterocycles. The zero-order chi connectivity index (χ0) is 14.7. The van der Waals surface area contributed by atoms with Crippen LogP contribution in [0.15, 0.2) is 24.3 Å². The Morgan fingerprint density at radius 3 is 2.42 bits per heavy atom. The number of carbonyl (C=O) groups is 1. The van der Waals surface area contributed by atoms with Crippen LogP contribution in [0.2, 0.25) is 0 Å². The van der Waals surface area contributed by atoms with Crippen molar-refractivity contribution in [1.29, 1.82) is 0 Å². The van der Waals surface area contributed by atoms with Crippen molar-refractivity contribution in [2.75, 3.05) is 5.32 Å². The summed E-state index contributed by atoms with van der Waals surface area (Å²) in [6.45, 7) is 2.89. The summed E-state index contributed by atoms with van der Waals surface area (Å²) in [7, 11) is 0. The molecule has 0 aliphatic heterocycles. The highest BCUT2D eigenvalue weighted by Crippen LogP contribution is 2.34. The third-order valence-corrected chi connectivity index (χ3v) is 2.16. The van der Waals surface area contributed by atoms with Crippen molar-refractivity contribution in [2.45, 2.75) is 25.6 Å². The fraction of sp³-hybridized carbons (Fsp3) is 0.308. The molecule has 0 fully saturated rings. The molecule has 0 aromatic heterocycles. The smallest absolute Gasteiger partial charge is 0.418 e. The van der Waals surface area contributed by atoms with E-state index in [0.717, 1.165) is 12.1 Å². The number of halogens is 3. The molecule has 19 heavy (non-hydrogen) atoms. The lowest BCUT2D eigenvalue weighted by Crippen LogP contribution is -2.29. The van der Waals surface area contributed by atoms with Gasteiger partial charge in [0.15, 0.2) is 5.60 Å². The summed E-state index contributed by atoms with van der Waals surface area (Å²) in [6, 6.07) is 4.59. The van der Waals surface area contributed by atoms with Crippen LogP contribution >= 0.6 is 0 Å². The molecule has 1 amide bonds. The summed E-state index contributed by atoms with van der Waals surface area (Å²) >= 11 is 0. The molecule has 0 radical (unpaired) electrons. The first-order valence-corrected chi connectivity index (χ1v) is 5.30. The Kier molecular flexibility index (Phi) is 4.10. The Morgan fingerprint density at radius 1 is 1.32 bits per heavy atom. The standard InChI is InChI=1S/C13H12F3NO2/c1-4-12(2,3)19-11(18)17-10-8-6-5-7-9(10)13(14,15)16/h1,5-8H,2-3H3,(H,17,18). The first-order valence-electron chi connectivity index (χ1n) is 5.30. The number of hydrogen-bond donors (Lipinski definition) is 1. The van der Waals surface area contributed by atoms with Crippen molar-refractivity contribution >= 4 is 11.8 Å². The second-order valence-corrected chi connectivity index (χ2v) is 4.21. The number of benzene rings is 1. The van der Waals surface area contributed by atoms with E-state index >= 15 is 0 Å². The lowest BCUT2D eigenvalue weighted by atomic mass is 10.1. The van der Waals surface area contributed by atoms with Gasteiger partial charge in [0.2, 0.25) is 0 Å². The summed E-state index contributed by atoms with van der Waals surface area (Å²) in [5.41, 5.74) is -2.53. The molecule has 0 aliphatic carbocycles. The van der Waals surface area contributed by atoms with Crippen LogP contribution in [0.4, 0.5) is 23.7 Å². The second kappa shape index (κ2) is 5.22. The van der Waals surface area contributed by atoms with Crippen LogP contribution < -0.4 is 5.32 Å². The first kappa shape index (κ1) is 14.9. The summed E-state index contributed by atoms with van der Waals surface area (Å²) in [5.74, 6) is 2.20. The highest BCUT2D eigenvalue weighted by atomic mass is 19.4. The van der Waals surface area contributed by atoms with Gasteiger partial charge in [0.05, 0.1) is 11.3 Å². The molecule has 3 nitrogen and oxygen atoms in total. The van der Waals surface area contributed by atoms with Crippen LogP contribution in [0.1, 0.15) is 19.4 Å². The van der Waals surface area contributed by atoms with Gasteiger partial charge in [-0.2, -0.15) is 13.2 Å². The number of ether oxygens (including phenoxy) is 1. The van der Waals surface area contributed by atoms with Crippen LogP contribution in [0.5, 0.6) is 0 Å². The maximum absolute atomic E-state index is 12.7. The van der Waals surface area contributed by atoms with Crippen LogP contribution in [0, 0.1) is 12.3 Å². The Hall–Kier alpha value is -2.16. The lowest BCUT2D eigenvalue weighted by molar-refractivity contribution is -0.136. The first-order chi connectivity index (χ1) is 8.65. The number of amides is 1. The molecule has 0 aliphatic rings. The van der Waals surface area contributed by atoms with E-state index in [-0.39, 0.29) is 5.69 Å². The van der Waals surface area contributed by atoms with Gasteiger partial charge in [0.1, 0.15) is 0 Å². The van der Waals surface area contributed by atoms with E-state index in [4.69, 9.17) is 11.2 Å². The minimum Gasteiger partial charge on any atom is -0.430 e. The van der Waals surface area contributed by atoms with Crippen LogP contribution in [0.25, 0.3) is 0 Å². The van der Waals surface area contributed by atoms with Crippen molar-refractivity contribution in [3.05, 3.63) is 29.8 Å². The van der Waals surface area contributed by atoms with E-state index in [1.165, 1.54) is 26.0 Å². The summed E-state index contributed by atoms with van der Waals surface area (Å²) in [4.78, 5) is 11.5. The van der Waals surface area contributed by atoms with Crippen molar-refractivity contribution in [3.63, 3.8) is 0 Å². The molecule has 1 aromatic carbocycles. The maximum Gasteiger partial charge on any atom is 0.418 e. The van der Waals surface area contributed by atoms with Gasteiger partial charge in [-0.3, -0.25) is 5.32 Å². The van der Waals surface area contributed by atoms with Gasteiger partial charge >= 0.3 is 12.3 Å². The average Bonchev–Trinajstić information content (AvgIpc) is 2.27. The van der Waals surface area contributed by atoms with Crippen LogP contribution in [0.3, 0.4) is 0 Å². The summed E-state index contributed by atoms with van der Waals surface area (Å²) in [5, 5.41) is 2.03. The monoisotopic (exact) mass is 271 g/mol. The third-order valence-electron chi connectivity index (χ3n) is 2.16. The molecular formula is C13H12F3NO2. The zero-order valence-electron chi connectivity index (χ0n) is 10.3. The van der Waals surface area contributed by atoms with Crippen molar-refractivity contribution in [2.24, 2.45) is 0 Å². The van der Waals surface area contributed by atoms with Crippen LogP contribution in [-0.4, -0.2) is 11.7 Å². The number of rotatable bonds is 2. The number of alkyl halides is 3. The van der Waals surface area contributed by atoms with E-state index in [1.54, 1.807) is 0 Å². The number of para-hydroxylation sites is 1. The molecule has 0 saturated carbocycles. The number of carbonyl (C=O) groups excluding carboxylic acids is 1. The van der Waals surface area contributed by atoms with Crippen molar-refractivity contribution in [1.82, 2.24) is 0 Å². The molecule has 6 heteroatoms. The van der Waals surface area contributed by atoms with Crippen molar-refractivity contribution in [3.8, 4) is 12.3 Å². The lowest BCUT2D eigenvalue weighted by Gasteiger charge is -2.20. The Morgan fingerprint density at radius 2 is 1.89 bits per heavy atom. The second-order valence-electron chi connectivity index (χ2n) is 4.21. The third kappa shape index (κ3) is 4.21. The van der Waals surface area contributed by atoms with Gasteiger partial charge in [0.25, 0.3) is 0 Å². The van der Waals surface area contributed by atoms with Gasteiger partial charge in [-0.15, -0.1) is 6.42 Å². The molecule has 102 valence electrons. The maximum atomic E-state index is 12.7. The van der Waals surface area contributed by atoms with E-state index in [0.29, 0.717) is 0 Å². The highest BCUT2D eigenvalue weighted by Gasteiger charge is 2.34. The van der Waals surface area contributed by atoms with E-state index in [9.17, 15) is 18.0 Å². The molecule has 0 saturated heterocycles. The van der Waals surface area contributed by atoms with Gasteiger partial charge in [-0.25, -0.2) is 4.79 Å². The fourth-order valence-electron chi connectivity index (χ4n) is 1.24. The molecular weight excluding hydrogens is 259 g/mol. The molecule has 0 unspecified atom stereocenters. The number of anilines is 1. The number of hydrogen-bond acceptors (Lipinski definition) is 2. The minimum absolute atomic E-state index is 0.382. The molecule has 0 atom stereocenters. The normalized spacial score (nSPS) is 11.6. The van der Waals surface area contributed by atoms with Gasteiger partial charge < -0.3 is 4.74 Å². The minimum atomic E-state index is -4.56. The topological polar surface area (TPSA) is 38.3 Å². The highest BCUT2D eigenvalue weighted by molar-refractivity contribution is 5.86. The molecule has 1 rings (SSSR count). The predicted molar refractivity (Wildman–Crippen MR) is 64.5 cm³/mol. The predicted octanol–water partition coefficient (Wildman–Crippen LogP) is 3.67. The largest absolute Gasteiger partial charge is 0.430 e. The molecule has 0 bridgehead atoms. The molecule has 1 aromatic rings. The Labute approximate surface area is 108 Å². The van der Waals surface area contributed by atoms with Crippen molar-refractivity contribution < 1.29 is 22.7 Å². The van der Waals surface area contributed by atoms with E-state index in [1.807, 2.05) is 5.32 Å². The van der Waals surface area contributed by atoms with E-state index < -0.39 is 23.4 Å². The SMILES string of the molecule is C#CC(C)(C)OC(=O)Nc1ccccc1C(F)(F)F. The van der Waals surface area contributed by atoms with Gasteiger partial charge in [-0.05, 0) is 26.0 Å². The Bertz CT molecular complexity index is 515. The van der Waals surface area contributed by atoms with Gasteiger partial charge in [-0.1, -0.05) is 18.1 Å². The summed E-state index contributed by atoms with van der Waals surface area (Å²) < 4.78 is 42.8. The zero-order valence-corrected chi connectivity index (χ0v) is 10.3. The average molecular weight is 271 g/mol. The molecule has 0 spiro atoms. The van der Waals surface area contributed by atoms with E-state index in [2.05, 4.69) is 5.92 Å². The summed E-state index contributed by atoms with van der Waals surface area (Å²) in [6.07, 6.45) is -0.494. The quantitative estimate of drug-likeness (QED) is 0.833. The fourth-order valence-corrected chi connectivity index (χ4v) is 1.24. The Balaban J connectivity index is 2.90. The van der Waals surface area contributed by atoms with Gasteiger partial charge in [0, 0.05) is 0 Å². The van der Waals surface area contributed by atoms with Crippen LogP contribution in [-0.2, 0) is 10.9 Å². The number of terminal acetylenes is 1. The number of nitrogens with one attached hydrogen (secondary N) is 1.